The summed E-state index contributed by atoms with van der Waals surface area (Å²) < 4.78 is 0.689. The van der Waals surface area contributed by atoms with E-state index in [1.165, 1.54) is 11.3 Å². The van der Waals surface area contributed by atoms with Gasteiger partial charge in [0, 0.05) is 4.47 Å². The molecule has 1 N–H and O–H groups in total. The SMILES string of the molecule is O=C(CN1C(=O)CNC1=O)c1sccc1Br. The first kappa shape index (κ1) is 11.3. The molecule has 1 aromatic rings. The summed E-state index contributed by atoms with van der Waals surface area (Å²) in [6.45, 7) is -0.235. The fourth-order valence-electron chi connectivity index (χ4n) is 1.32. The molecule has 0 saturated carbocycles. The molecule has 3 amide bonds. The van der Waals surface area contributed by atoms with Crippen LogP contribution in [-0.2, 0) is 4.79 Å². The summed E-state index contributed by atoms with van der Waals surface area (Å²) in [5.74, 6) is -0.613. The Balaban J connectivity index is 2.11. The predicted molar refractivity (Wildman–Crippen MR) is 61.5 cm³/mol. The first-order valence-electron chi connectivity index (χ1n) is 4.44. The summed E-state index contributed by atoms with van der Waals surface area (Å²) in [6.07, 6.45) is 0. The van der Waals surface area contributed by atoms with Gasteiger partial charge in [0.1, 0.15) is 0 Å². The Morgan fingerprint density at radius 1 is 1.56 bits per heavy atom. The molecular formula is C9H7BrN2O3S. The summed E-state index contributed by atoms with van der Waals surface area (Å²) in [5.41, 5.74) is 0. The molecule has 0 radical (unpaired) electrons. The molecule has 2 heterocycles. The summed E-state index contributed by atoms with van der Waals surface area (Å²) in [5, 5.41) is 4.13. The van der Waals surface area contributed by atoms with Crippen LogP contribution in [0.25, 0.3) is 0 Å². The van der Waals surface area contributed by atoms with Gasteiger partial charge in [-0.3, -0.25) is 14.5 Å². The number of nitrogens with one attached hydrogen (secondary N) is 1. The van der Waals surface area contributed by atoms with Crippen molar-refractivity contribution in [2.24, 2.45) is 0 Å². The zero-order valence-electron chi connectivity index (χ0n) is 8.03. The number of urea groups is 1. The van der Waals surface area contributed by atoms with Crippen LogP contribution in [0.4, 0.5) is 4.79 Å². The third-order valence-electron chi connectivity index (χ3n) is 2.11. The summed E-state index contributed by atoms with van der Waals surface area (Å²) in [7, 11) is 0. The van der Waals surface area contributed by atoms with Crippen molar-refractivity contribution in [3.05, 3.63) is 20.8 Å². The number of ketones is 1. The minimum Gasteiger partial charge on any atom is -0.329 e. The fourth-order valence-corrected chi connectivity index (χ4v) is 2.85. The number of rotatable bonds is 3. The largest absolute Gasteiger partial charge is 0.329 e. The van der Waals surface area contributed by atoms with Crippen molar-refractivity contribution >= 4 is 45.0 Å². The van der Waals surface area contributed by atoms with Crippen LogP contribution < -0.4 is 5.32 Å². The molecule has 7 heteroatoms. The molecule has 84 valence electrons. The molecule has 2 rings (SSSR count). The number of imide groups is 1. The molecule has 0 aliphatic carbocycles. The predicted octanol–water partition coefficient (Wildman–Crippen LogP) is 1.25. The van der Waals surface area contributed by atoms with E-state index in [9.17, 15) is 14.4 Å². The van der Waals surface area contributed by atoms with E-state index in [0.717, 1.165) is 4.90 Å². The smallest absolute Gasteiger partial charge is 0.325 e. The van der Waals surface area contributed by atoms with Gasteiger partial charge in [-0.25, -0.2) is 4.79 Å². The van der Waals surface area contributed by atoms with Gasteiger partial charge in [0.15, 0.2) is 5.78 Å². The number of amides is 3. The molecule has 0 unspecified atom stereocenters. The number of Topliss-reactive ketones (excluding diaryl/α,β-unsaturated/α-hetero) is 1. The van der Waals surface area contributed by atoms with Crippen molar-refractivity contribution in [2.45, 2.75) is 0 Å². The number of nitrogens with zero attached hydrogens (tertiary/aromatic N) is 1. The van der Waals surface area contributed by atoms with Gasteiger partial charge < -0.3 is 5.32 Å². The first-order valence-corrected chi connectivity index (χ1v) is 6.11. The summed E-state index contributed by atoms with van der Waals surface area (Å²) in [4.78, 5) is 35.7. The van der Waals surface area contributed by atoms with Crippen LogP contribution in [0.2, 0.25) is 0 Å². The lowest BCUT2D eigenvalue weighted by Crippen LogP contribution is -2.35. The lowest BCUT2D eigenvalue weighted by atomic mass is 10.3. The van der Waals surface area contributed by atoms with Gasteiger partial charge in [-0.05, 0) is 27.4 Å². The Morgan fingerprint density at radius 3 is 2.81 bits per heavy atom. The van der Waals surface area contributed by atoms with Crippen LogP contribution in [0.1, 0.15) is 9.67 Å². The van der Waals surface area contributed by atoms with Crippen molar-refractivity contribution in [3.8, 4) is 0 Å². The maximum absolute atomic E-state index is 11.8. The zero-order chi connectivity index (χ0) is 11.7. The molecular weight excluding hydrogens is 296 g/mol. The van der Waals surface area contributed by atoms with Gasteiger partial charge >= 0.3 is 6.03 Å². The average Bonchev–Trinajstić information content (AvgIpc) is 2.79. The molecule has 1 aliphatic rings. The summed E-state index contributed by atoms with van der Waals surface area (Å²) >= 11 is 4.51. The number of thiophene rings is 1. The van der Waals surface area contributed by atoms with Crippen molar-refractivity contribution in [2.75, 3.05) is 13.1 Å². The fraction of sp³-hybridized carbons (Fsp3) is 0.222. The van der Waals surface area contributed by atoms with E-state index in [1.54, 1.807) is 11.4 Å². The highest BCUT2D eigenvalue weighted by Gasteiger charge is 2.30. The second kappa shape index (κ2) is 4.34. The van der Waals surface area contributed by atoms with E-state index in [4.69, 9.17) is 0 Å². The molecule has 0 aromatic carbocycles. The molecule has 1 aliphatic heterocycles. The van der Waals surface area contributed by atoms with Crippen molar-refractivity contribution < 1.29 is 14.4 Å². The maximum atomic E-state index is 11.8. The molecule has 16 heavy (non-hydrogen) atoms. The molecule has 0 bridgehead atoms. The first-order chi connectivity index (χ1) is 7.59. The molecule has 1 saturated heterocycles. The van der Waals surface area contributed by atoms with Crippen LogP contribution in [0.5, 0.6) is 0 Å². The van der Waals surface area contributed by atoms with E-state index in [-0.39, 0.29) is 24.8 Å². The molecule has 0 atom stereocenters. The molecule has 1 aromatic heterocycles. The molecule has 5 nitrogen and oxygen atoms in total. The van der Waals surface area contributed by atoms with Crippen LogP contribution >= 0.6 is 27.3 Å². The van der Waals surface area contributed by atoms with Gasteiger partial charge in [-0.1, -0.05) is 0 Å². The van der Waals surface area contributed by atoms with Crippen molar-refractivity contribution in [1.82, 2.24) is 10.2 Å². The van der Waals surface area contributed by atoms with Crippen LogP contribution in [0.15, 0.2) is 15.9 Å². The van der Waals surface area contributed by atoms with E-state index < -0.39 is 6.03 Å². The Morgan fingerprint density at radius 2 is 2.31 bits per heavy atom. The highest BCUT2D eigenvalue weighted by atomic mass is 79.9. The minimum atomic E-state index is -0.508. The van der Waals surface area contributed by atoms with E-state index in [1.807, 2.05) is 0 Å². The van der Waals surface area contributed by atoms with Crippen molar-refractivity contribution in [3.63, 3.8) is 0 Å². The normalized spacial score (nSPS) is 15.4. The molecule has 1 fully saturated rings. The Hall–Kier alpha value is -1.21. The zero-order valence-corrected chi connectivity index (χ0v) is 10.4. The Bertz CT molecular complexity index is 455. The third-order valence-corrected chi connectivity index (χ3v) is 3.99. The highest BCUT2D eigenvalue weighted by Crippen LogP contribution is 2.23. The Kier molecular flexibility index (Phi) is 3.06. The van der Waals surface area contributed by atoms with Gasteiger partial charge in [0.25, 0.3) is 0 Å². The van der Waals surface area contributed by atoms with E-state index in [0.29, 0.717) is 9.35 Å². The Labute approximate surface area is 104 Å². The average molecular weight is 303 g/mol. The molecule has 0 spiro atoms. The standard InChI is InChI=1S/C9H7BrN2O3S/c10-5-1-2-16-8(5)6(13)4-12-7(14)3-11-9(12)15/h1-2H,3-4H2,(H,11,15). The van der Waals surface area contributed by atoms with E-state index in [2.05, 4.69) is 21.2 Å². The second-order valence-electron chi connectivity index (χ2n) is 3.16. The lowest BCUT2D eigenvalue weighted by molar-refractivity contribution is -0.124. The van der Waals surface area contributed by atoms with E-state index >= 15 is 0 Å². The minimum absolute atomic E-state index is 0.0300. The number of halogens is 1. The van der Waals surface area contributed by atoms with Gasteiger partial charge in [0.05, 0.1) is 18.0 Å². The monoisotopic (exact) mass is 302 g/mol. The highest BCUT2D eigenvalue weighted by molar-refractivity contribution is 9.10. The maximum Gasteiger partial charge on any atom is 0.325 e. The van der Waals surface area contributed by atoms with Crippen LogP contribution in [-0.4, -0.2) is 35.7 Å². The lowest BCUT2D eigenvalue weighted by Gasteiger charge is -2.10. The van der Waals surface area contributed by atoms with Gasteiger partial charge in [-0.15, -0.1) is 11.3 Å². The summed E-state index contributed by atoms with van der Waals surface area (Å²) in [6, 6.07) is 1.25. The second-order valence-corrected chi connectivity index (χ2v) is 4.93. The quantitative estimate of drug-likeness (QED) is 0.675. The van der Waals surface area contributed by atoms with Gasteiger partial charge in [0.2, 0.25) is 5.91 Å². The van der Waals surface area contributed by atoms with Crippen molar-refractivity contribution in [1.29, 1.82) is 0 Å². The number of carbonyl (C=O) groups excluding carboxylic acids is 3. The van der Waals surface area contributed by atoms with Crippen LogP contribution in [0.3, 0.4) is 0 Å². The number of carbonyl (C=O) groups is 3. The number of hydrogen-bond acceptors (Lipinski definition) is 4. The van der Waals surface area contributed by atoms with Gasteiger partial charge in [-0.2, -0.15) is 0 Å². The third kappa shape index (κ3) is 2.00. The number of hydrogen-bond donors (Lipinski definition) is 1. The topological polar surface area (TPSA) is 66.5 Å². The van der Waals surface area contributed by atoms with Crippen LogP contribution in [0, 0.1) is 0 Å².